The van der Waals surface area contributed by atoms with E-state index in [1.807, 2.05) is 30.3 Å². The largest absolute Gasteiger partial charge is 0.493 e. The molecule has 0 aliphatic carbocycles. The number of halogens is 2. The van der Waals surface area contributed by atoms with E-state index in [1.54, 1.807) is 6.07 Å². The van der Waals surface area contributed by atoms with Crippen LogP contribution in [0.5, 0.6) is 5.75 Å². The Morgan fingerprint density at radius 2 is 1.86 bits per heavy atom. The molecule has 0 aromatic heterocycles. The molecule has 2 aromatic carbocycles. The summed E-state index contributed by atoms with van der Waals surface area (Å²) >= 11 is 11.9. The number of hydrogen-bond donors (Lipinski definition) is 1. The monoisotopic (exact) mass is 323 g/mol. The third-order valence-electron chi connectivity index (χ3n) is 3.13. The fourth-order valence-electron chi connectivity index (χ4n) is 1.92. The molecule has 0 amide bonds. The fraction of sp³-hybridized carbons (Fsp3) is 0.294. The van der Waals surface area contributed by atoms with Crippen LogP contribution in [0.1, 0.15) is 25.3 Å². The van der Waals surface area contributed by atoms with Crippen molar-refractivity contribution in [2.45, 2.75) is 26.3 Å². The number of ether oxygens (including phenoxy) is 1. The normalized spacial score (nSPS) is 10.4. The van der Waals surface area contributed by atoms with Crippen LogP contribution >= 0.6 is 23.2 Å². The first-order valence-electron chi connectivity index (χ1n) is 7.10. The van der Waals surface area contributed by atoms with Crippen LogP contribution in [-0.2, 0) is 6.54 Å². The second kappa shape index (κ2) is 8.16. The van der Waals surface area contributed by atoms with Gasteiger partial charge >= 0.3 is 0 Å². The molecule has 2 aromatic rings. The number of benzene rings is 2. The number of hydrogen-bond acceptors (Lipinski definition) is 2. The third kappa shape index (κ3) is 4.83. The average molecular weight is 324 g/mol. The standard InChI is InChI=1S/C17H19Cl2NO/c1-2-3-10-21-17-7-5-4-6-13(17)12-20-14-8-9-15(18)16(19)11-14/h4-9,11,20H,2-3,10,12H2,1H3. The highest BCUT2D eigenvalue weighted by Crippen LogP contribution is 2.26. The van der Waals surface area contributed by atoms with Crippen molar-refractivity contribution in [1.82, 2.24) is 0 Å². The predicted molar refractivity (Wildman–Crippen MR) is 90.6 cm³/mol. The molecule has 0 radical (unpaired) electrons. The van der Waals surface area contributed by atoms with Gasteiger partial charge in [0, 0.05) is 17.8 Å². The molecule has 0 saturated carbocycles. The van der Waals surface area contributed by atoms with E-state index in [4.69, 9.17) is 27.9 Å². The predicted octanol–water partition coefficient (Wildman–Crippen LogP) is 5.78. The van der Waals surface area contributed by atoms with Crippen LogP contribution in [0, 0.1) is 0 Å². The zero-order valence-corrected chi connectivity index (χ0v) is 13.5. The molecule has 4 heteroatoms. The SMILES string of the molecule is CCCCOc1ccccc1CNc1ccc(Cl)c(Cl)c1. The van der Waals surface area contributed by atoms with Crippen molar-refractivity contribution >= 4 is 28.9 Å². The van der Waals surface area contributed by atoms with E-state index in [0.717, 1.165) is 36.4 Å². The first-order chi connectivity index (χ1) is 10.2. The lowest BCUT2D eigenvalue weighted by molar-refractivity contribution is 0.306. The van der Waals surface area contributed by atoms with Gasteiger partial charge in [0.05, 0.1) is 16.7 Å². The first kappa shape index (κ1) is 16.0. The van der Waals surface area contributed by atoms with Gasteiger partial charge in [-0.15, -0.1) is 0 Å². The molecule has 0 aliphatic rings. The van der Waals surface area contributed by atoms with Gasteiger partial charge in [-0.05, 0) is 30.7 Å². The molecule has 2 rings (SSSR count). The van der Waals surface area contributed by atoms with Crippen molar-refractivity contribution in [3.63, 3.8) is 0 Å². The maximum absolute atomic E-state index is 6.01. The quantitative estimate of drug-likeness (QED) is 0.651. The Morgan fingerprint density at radius 3 is 2.62 bits per heavy atom. The molecule has 0 bridgehead atoms. The molecular formula is C17H19Cl2NO. The van der Waals surface area contributed by atoms with Gasteiger partial charge in [-0.1, -0.05) is 54.7 Å². The highest BCUT2D eigenvalue weighted by molar-refractivity contribution is 6.42. The number of unbranched alkanes of at least 4 members (excludes halogenated alkanes) is 1. The summed E-state index contributed by atoms with van der Waals surface area (Å²) in [5.41, 5.74) is 2.06. The molecule has 0 fully saturated rings. The van der Waals surface area contributed by atoms with Crippen LogP contribution in [-0.4, -0.2) is 6.61 Å². The molecule has 0 unspecified atom stereocenters. The van der Waals surface area contributed by atoms with Gasteiger partial charge < -0.3 is 10.1 Å². The van der Waals surface area contributed by atoms with Crippen molar-refractivity contribution in [3.8, 4) is 5.75 Å². The summed E-state index contributed by atoms with van der Waals surface area (Å²) in [6, 6.07) is 13.6. The summed E-state index contributed by atoms with van der Waals surface area (Å²) in [6.45, 7) is 3.58. The summed E-state index contributed by atoms with van der Waals surface area (Å²) < 4.78 is 5.82. The molecule has 0 heterocycles. The Hall–Kier alpha value is -1.38. The van der Waals surface area contributed by atoms with Crippen LogP contribution < -0.4 is 10.1 Å². The lowest BCUT2D eigenvalue weighted by Crippen LogP contribution is -2.04. The van der Waals surface area contributed by atoms with Crippen LogP contribution in [0.4, 0.5) is 5.69 Å². The topological polar surface area (TPSA) is 21.3 Å². The van der Waals surface area contributed by atoms with Crippen LogP contribution in [0.15, 0.2) is 42.5 Å². The number of para-hydroxylation sites is 1. The Balaban J connectivity index is 2.00. The lowest BCUT2D eigenvalue weighted by atomic mass is 10.2. The van der Waals surface area contributed by atoms with E-state index in [0.29, 0.717) is 16.6 Å². The van der Waals surface area contributed by atoms with Gasteiger partial charge in [-0.3, -0.25) is 0 Å². The smallest absolute Gasteiger partial charge is 0.124 e. The molecule has 0 saturated heterocycles. The fourth-order valence-corrected chi connectivity index (χ4v) is 2.22. The van der Waals surface area contributed by atoms with Crippen molar-refractivity contribution < 1.29 is 4.74 Å². The second-order valence-corrected chi connectivity index (χ2v) is 5.61. The van der Waals surface area contributed by atoms with Gasteiger partial charge in [-0.25, -0.2) is 0 Å². The Morgan fingerprint density at radius 1 is 1.05 bits per heavy atom. The average Bonchev–Trinajstić information content (AvgIpc) is 2.50. The van der Waals surface area contributed by atoms with Gasteiger partial charge in [0.1, 0.15) is 5.75 Å². The minimum Gasteiger partial charge on any atom is -0.493 e. The first-order valence-corrected chi connectivity index (χ1v) is 7.86. The molecule has 112 valence electrons. The van der Waals surface area contributed by atoms with Crippen LogP contribution in [0.25, 0.3) is 0 Å². The number of nitrogens with one attached hydrogen (secondary N) is 1. The van der Waals surface area contributed by atoms with E-state index in [1.165, 1.54) is 0 Å². The summed E-state index contributed by atoms with van der Waals surface area (Å²) in [5, 5.41) is 4.45. The van der Waals surface area contributed by atoms with E-state index >= 15 is 0 Å². The zero-order chi connectivity index (χ0) is 15.1. The van der Waals surface area contributed by atoms with Crippen molar-refractivity contribution in [2.24, 2.45) is 0 Å². The van der Waals surface area contributed by atoms with Crippen LogP contribution in [0.3, 0.4) is 0 Å². The zero-order valence-electron chi connectivity index (χ0n) is 12.0. The molecule has 0 aliphatic heterocycles. The summed E-state index contributed by atoms with van der Waals surface area (Å²) in [4.78, 5) is 0. The minimum atomic E-state index is 0.550. The second-order valence-electron chi connectivity index (χ2n) is 4.79. The van der Waals surface area contributed by atoms with Crippen molar-refractivity contribution in [3.05, 3.63) is 58.1 Å². The molecule has 0 atom stereocenters. The lowest BCUT2D eigenvalue weighted by Gasteiger charge is -2.13. The summed E-state index contributed by atoms with van der Waals surface area (Å²) in [7, 11) is 0. The minimum absolute atomic E-state index is 0.550. The maximum Gasteiger partial charge on any atom is 0.124 e. The van der Waals surface area contributed by atoms with E-state index in [2.05, 4.69) is 18.3 Å². The Labute approximate surface area is 136 Å². The molecule has 1 N–H and O–H groups in total. The van der Waals surface area contributed by atoms with Gasteiger partial charge in [0.25, 0.3) is 0 Å². The number of anilines is 1. The van der Waals surface area contributed by atoms with Gasteiger partial charge in [-0.2, -0.15) is 0 Å². The highest BCUT2D eigenvalue weighted by Gasteiger charge is 2.04. The van der Waals surface area contributed by atoms with E-state index < -0.39 is 0 Å². The highest BCUT2D eigenvalue weighted by atomic mass is 35.5. The van der Waals surface area contributed by atoms with E-state index in [-0.39, 0.29) is 0 Å². The summed E-state index contributed by atoms with van der Waals surface area (Å²) in [6.07, 6.45) is 2.19. The number of rotatable bonds is 7. The van der Waals surface area contributed by atoms with Crippen molar-refractivity contribution in [1.29, 1.82) is 0 Å². The Kier molecular flexibility index (Phi) is 6.21. The maximum atomic E-state index is 6.01. The molecule has 0 spiro atoms. The summed E-state index contributed by atoms with van der Waals surface area (Å²) in [5.74, 6) is 0.929. The molecule has 2 nitrogen and oxygen atoms in total. The molecule has 21 heavy (non-hydrogen) atoms. The van der Waals surface area contributed by atoms with Crippen molar-refractivity contribution in [2.75, 3.05) is 11.9 Å². The third-order valence-corrected chi connectivity index (χ3v) is 3.87. The molecular weight excluding hydrogens is 305 g/mol. The van der Waals surface area contributed by atoms with Crippen LogP contribution in [0.2, 0.25) is 10.0 Å². The Bertz CT molecular complexity index is 587. The van der Waals surface area contributed by atoms with Gasteiger partial charge in [0.2, 0.25) is 0 Å². The van der Waals surface area contributed by atoms with E-state index in [9.17, 15) is 0 Å². The van der Waals surface area contributed by atoms with Gasteiger partial charge in [0.15, 0.2) is 0 Å².